The number of halogens is 2. The first-order valence-corrected chi connectivity index (χ1v) is 7.83. The van der Waals surface area contributed by atoms with Crippen molar-refractivity contribution in [1.82, 2.24) is 0 Å². The van der Waals surface area contributed by atoms with Crippen molar-refractivity contribution in [1.29, 1.82) is 0 Å². The number of benzene rings is 1. The molecule has 4 unspecified atom stereocenters. The fourth-order valence-electron chi connectivity index (χ4n) is 3.82. The molecule has 1 amide bonds. The number of hydrogen-bond acceptors (Lipinski definition) is 4. The summed E-state index contributed by atoms with van der Waals surface area (Å²) in [4.78, 5) is 24.0. The fraction of sp³-hybridized carbons (Fsp3) is 0.500. The van der Waals surface area contributed by atoms with E-state index in [4.69, 9.17) is 17.3 Å². The molecule has 0 aromatic heterocycles. The molecule has 1 aromatic rings. The minimum Gasteiger partial charge on any atom is -0.465 e. The van der Waals surface area contributed by atoms with E-state index in [1.165, 1.54) is 7.11 Å². The molecule has 3 N–H and O–H groups in total. The maximum atomic E-state index is 12.5. The normalized spacial score (nSPS) is 28.1. The topological polar surface area (TPSA) is 81.4 Å². The second kappa shape index (κ2) is 7.07. The van der Waals surface area contributed by atoms with Crippen LogP contribution in [0.1, 0.15) is 29.6 Å². The third-order valence-electron chi connectivity index (χ3n) is 4.93. The lowest BCUT2D eigenvalue weighted by atomic mass is 9.84. The number of esters is 1. The van der Waals surface area contributed by atoms with Crippen LogP contribution in [0.3, 0.4) is 0 Å². The molecule has 126 valence electrons. The Morgan fingerprint density at radius 3 is 2.57 bits per heavy atom. The average molecular weight is 359 g/mol. The number of nitrogens with one attached hydrogen (secondary N) is 1. The Balaban J connectivity index is 0.00000192. The molecular formula is C16H20Cl2N2O3. The van der Waals surface area contributed by atoms with Gasteiger partial charge in [0.25, 0.3) is 0 Å². The van der Waals surface area contributed by atoms with Crippen LogP contribution in [-0.4, -0.2) is 25.0 Å². The molecule has 0 aliphatic heterocycles. The summed E-state index contributed by atoms with van der Waals surface area (Å²) in [5.74, 6) is 0.188. The van der Waals surface area contributed by atoms with Gasteiger partial charge in [-0.15, -0.1) is 12.4 Å². The third-order valence-corrected chi connectivity index (χ3v) is 5.24. The summed E-state index contributed by atoms with van der Waals surface area (Å²) in [7, 11) is 1.30. The van der Waals surface area contributed by atoms with Gasteiger partial charge in [0.2, 0.25) is 5.91 Å². The van der Waals surface area contributed by atoms with E-state index in [0.717, 1.165) is 19.3 Å². The quantitative estimate of drug-likeness (QED) is 0.814. The SMILES string of the molecule is COC(=O)c1ccc(NC(=O)C2C3CCC(C3)C2N)cc1Cl.Cl. The lowest BCUT2D eigenvalue weighted by Crippen LogP contribution is -2.42. The standard InChI is InChI=1S/C16H19ClN2O3.ClH/c1-22-16(21)11-5-4-10(7-12(11)17)19-15(20)13-8-2-3-9(6-8)14(13)18;/h4-5,7-9,13-14H,2-3,6,18H2,1H3,(H,19,20);1H. The summed E-state index contributed by atoms with van der Waals surface area (Å²) in [5.41, 5.74) is 7.03. The molecule has 2 aliphatic rings. The highest BCUT2D eigenvalue weighted by Gasteiger charge is 2.49. The summed E-state index contributed by atoms with van der Waals surface area (Å²) >= 11 is 6.06. The van der Waals surface area contributed by atoms with Crippen molar-refractivity contribution in [2.75, 3.05) is 12.4 Å². The van der Waals surface area contributed by atoms with E-state index in [1.54, 1.807) is 18.2 Å². The molecule has 1 aromatic carbocycles. The Bertz CT molecular complexity index is 621. The molecule has 4 atom stereocenters. The second-order valence-electron chi connectivity index (χ2n) is 6.11. The van der Waals surface area contributed by atoms with Crippen LogP contribution in [0.25, 0.3) is 0 Å². The van der Waals surface area contributed by atoms with E-state index in [-0.39, 0.29) is 40.9 Å². The molecule has 0 heterocycles. The number of ether oxygens (including phenoxy) is 1. The molecule has 7 heteroatoms. The van der Waals surface area contributed by atoms with Crippen LogP contribution in [0.2, 0.25) is 5.02 Å². The van der Waals surface area contributed by atoms with Crippen molar-refractivity contribution in [3.05, 3.63) is 28.8 Å². The first kappa shape index (κ1) is 18.0. The number of carbonyl (C=O) groups is 2. The second-order valence-corrected chi connectivity index (χ2v) is 6.52. The summed E-state index contributed by atoms with van der Waals surface area (Å²) in [6.07, 6.45) is 3.27. The predicted octanol–water partition coefficient (Wildman–Crippen LogP) is 2.86. The number of fused-ring (bicyclic) bond motifs is 2. The van der Waals surface area contributed by atoms with E-state index in [0.29, 0.717) is 17.5 Å². The van der Waals surface area contributed by atoms with Crippen LogP contribution < -0.4 is 11.1 Å². The van der Waals surface area contributed by atoms with Gasteiger partial charge in [0, 0.05) is 11.7 Å². The highest BCUT2D eigenvalue weighted by molar-refractivity contribution is 6.34. The van der Waals surface area contributed by atoms with Gasteiger partial charge in [-0.05, 0) is 49.3 Å². The Morgan fingerprint density at radius 1 is 1.30 bits per heavy atom. The molecule has 2 saturated carbocycles. The van der Waals surface area contributed by atoms with Gasteiger partial charge in [-0.3, -0.25) is 4.79 Å². The fourth-order valence-corrected chi connectivity index (χ4v) is 4.08. The van der Waals surface area contributed by atoms with Crippen molar-refractivity contribution >= 4 is 41.6 Å². The van der Waals surface area contributed by atoms with Gasteiger partial charge in [-0.2, -0.15) is 0 Å². The zero-order chi connectivity index (χ0) is 15.9. The molecule has 23 heavy (non-hydrogen) atoms. The number of carbonyl (C=O) groups excluding carboxylic acids is 2. The van der Waals surface area contributed by atoms with Gasteiger partial charge in [0.05, 0.1) is 23.6 Å². The summed E-state index contributed by atoms with van der Waals surface area (Å²) in [5, 5.41) is 3.12. The molecule has 2 fully saturated rings. The zero-order valence-electron chi connectivity index (χ0n) is 12.8. The minimum atomic E-state index is -0.502. The van der Waals surface area contributed by atoms with Crippen molar-refractivity contribution < 1.29 is 14.3 Å². The van der Waals surface area contributed by atoms with E-state index in [9.17, 15) is 9.59 Å². The molecule has 3 rings (SSSR count). The first-order chi connectivity index (χ1) is 10.5. The van der Waals surface area contributed by atoms with Crippen molar-refractivity contribution in [3.8, 4) is 0 Å². The van der Waals surface area contributed by atoms with Crippen LogP contribution in [0.15, 0.2) is 18.2 Å². The Labute approximate surface area is 146 Å². The molecule has 0 saturated heterocycles. The lowest BCUT2D eigenvalue weighted by Gasteiger charge is -2.27. The number of anilines is 1. The largest absolute Gasteiger partial charge is 0.465 e. The molecule has 0 radical (unpaired) electrons. The van der Waals surface area contributed by atoms with Gasteiger partial charge in [0.1, 0.15) is 0 Å². The maximum absolute atomic E-state index is 12.5. The van der Waals surface area contributed by atoms with Crippen LogP contribution in [0, 0.1) is 17.8 Å². The Morgan fingerprint density at radius 2 is 2.00 bits per heavy atom. The average Bonchev–Trinajstić information content (AvgIpc) is 3.07. The number of nitrogens with two attached hydrogens (primary N) is 1. The van der Waals surface area contributed by atoms with Crippen molar-refractivity contribution in [2.45, 2.75) is 25.3 Å². The van der Waals surface area contributed by atoms with Gasteiger partial charge in [-0.1, -0.05) is 11.6 Å². The Hall–Kier alpha value is -1.30. The van der Waals surface area contributed by atoms with Crippen LogP contribution in [-0.2, 0) is 9.53 Å². The summed E-state index contributed by atoms with van der Waals surface area (Å²) < 4.78 is 4.64. The molecule has 0 spiro atoms. The molecule has 2 bridgehead atoms. The van der Waals surface area contributed by atoms with Crippen LogP contribution in [0.4, 0.5) is 5.69 Å². The van der Waals surface area contributed by atoms with Gasteiger partial charge in [0.15, 0.2) is 0 Å². The first-order valence-electron chi connectivity index (χ1n) is 7.45. The zero-order valence-corrected chi connectivity index (χ0v) is 14.3. The lowest BCUT2D eigenvalue weighted by molar-refractivity contribution is -0.121. The maximum Gasteiger partial charge on any atom is 0.339 e. The Kier molecular flexibility index (Phi) is 5.55. The van der Waals surface area contributed by atoms with E-state index < -0.39 is 5.97 Å². The highest BCUT2D eigenvalue weighted by Crippen LogP contribution is 2.47. The van der Waals surface area contributed by atoms with E-state index in [1.807, 2.05) is 0 Å². The minimum absolute atomic E-state index is 0. The monoisotopic (exact) mass is 358 g/mol. The molecule has 5 nitrogen and oxygen atoms in total. The highest BCUT2D eigenvalue weighted by atomic mass is 35.5. The number of rotatable bonds is 3. The van der Waals surface area contributed by atoms with Gasteiger partial charge >= 0.3 is 5.97 Å². The van der Waals surface area contributed by atoms with Crippen LogP contribution in [0.5, 0.6) is 0 Å². The van der Waals surface area contributed by atoms with E-state index in [2.05, 4.69) is 10.1 Å². The molecule has 2 aliphatic carbocycles. The number of methoxy groups -OCH3 is 1. The number of hydrogen-bond donors (Lipinski definition) is 2. The van der Waals surface area contributed by atoms with Crippen molar-refractivity contribution in [3.63, 3.8) is 0 Å². The summed E-state index contributed by atoms with van der Waals surface area (Å²) in [6, 6.07) is 4.70. The van der Waals surface area contributed by atoms with Gasteiger partial charge < -0.3 is 15.8 Å². The van der Waals surface area contributed by atoms with E-state index >= 15 is 0 Å². The van der Waals surface area contributed by atoms with Crippen LogP contribution >= 0.6 is 24.0 Å². The third kappa shape index (κ3) is 3.32. The smallest absolute Gasteiger partial charge is 0.339 e. The summed E-state index contributed by atoms with van der Waals surface area (Å²) in [6.45, 7) is 0. The number of amides is 1. The van der Waals surface area contributed by atoms with Gasteiger partial charge in [-0.25, -0.2) is 4.79 Å². The predicted molar refractivity (Wildman–Crippen MR) is 91.0 cm³/mol. The molecular weight excluding hydrogens is 339 g/mol. The van der Waals surface area contributed by atoms with Crippen molar-refractivity contribution in [2.24, 2.45) is 23.5 Å².